The maximum Gasteiger partial charge on any atom is 0.287 e. The van der Waals surface area contributed by atoms with Crippen molar-refractivity contribution in [2.45, 2.75) is 44.4 Å². The molecule has 1 aromatic heterocycles. The summed E-state index contributed by atoms with van der Waals surface area (Å²) in [7, 11) is 3.52. The van der Waals surface area contributed by atoms with E-state index in [0.29, 0.717) is 41.1 Å². The molecule has 2 saturated heterocycles. The second-order valence-corrected chi connectivity index (χ2v) is 14.6. The molecule has 1 aliphatic carbocycles. The van der Waals surface area contributed by atoms with E-state index in [9.17, 15) is 14.4 Å². The summed E-state index contributed by atoms with van der Waals surface area (Å²) >= 11 is 0. The summed E-state index contributed by atoms with van der Waals surface area (Å²) in [6.07, 6.45) is 5.08. The number of ether oxygens (including phenoxy) is 1. The van der Waals surface area contributed by atoms with E-state index in [4.69, 9.17) is 4.74 Å². The number of aromatic nitrogens is 2. The lowest BCUT2D eigenvalue weighted by atomic mass is 9.72. The van der Waals surface area contributed by atoms with Crippen molar-refractivity contribution >= 4 is 29.1 Å². The van der Waals surface area contributed by atoms with Crippen LogP contribution in [0.25, 0.3) is 0 Å². The largest absolute Gasteiger partial charge is 0.380 e. The van der Waals surface area contributed by atoms with Crippen LogP contribution < -0.4 is 15.5 Å². The zero-order chi connectivity index (χ0) is 34.5. The van der Waals surface area contributed by atoms with Crippen LogP contribution in [0.3, 0.4) is 0 Å². The van der Waals surface area contributed by atoms with Crippen LogP contribution in [0.2, 0.25) is 0 Å². The Morgan fingerprint density at radius 3 is 2.14 bits per heavy atom. The Balaban J connectivity index is 0.853. The topological polar surface area (TPSA) is 112 Å². The highest BCUT2D eigenvalue weighted by atomic mass is 16.5. The van der Waals surface area contributed by atoms with E-state index < -0.39 is 0 Å². The quantitative estimate of drug-likeness (QED) is 0.269. The van der Waals surface area contributed by atoms with E-state index in [1.54, 1.807) is 19.0 Å². The minimum absolute atomic E-state index is 0.00153. The van der Waals surface area contributed by atoms with Crippen molar-refractivity contribution in [3.8, 4) is 0 Å². The molecule has 50 heavy (non-hydrogen) atoms. The van der Waals surface area contributed by atoms with E-state index in [2.05, 4.69) is 30.0 Å². The van der Waals surface area contributed by atoms with E-state index in [0.717, 1.165) is 81.2 Å². The number of imidazole rings is 1. The smallest absolute Gasteiger partial charge is 0.287 e. The number of anilines is 2. The van der Waals surface area contributed by atoms with Gasteiger partial charge in [-0.1, -0.05) is 24.3 Å². The first-order valence-electron chi connectivity index (χ1n) is 17.4. The Bertz CT molecular complexity index is 1900. The number of fused-ring (bicyclic) bond motifs is 2. The third-order valence-electron chi connectivity index (χ3n) is 10.9. The highest BCUT2D eigenvalue weighted by Crippen LogP contribution is 2.49. The van der Waals surface area contributed by atoms with Crippen molar-refractivity contribution < 1.29 is 19.1 Å². The number of hydrogen-bond donors (Lipinski definition) is 2. The van der Waals surface area contributed by atoms with Crippen LogP contribution in [0.4, 0.5) is 11.4 Å². The van der Waals surface area contributed by atoms with Gasteiger partial charge in [-0.15, -0.1) is 0 Å². The molecule has 3 aliphatic heterocycles. The molecule has 0 bridgehead atoms. The molecule has 11 nitrogen and oxygen atoms in total. The van der Waals surface area contributed by atoms with Crippen molar-refractivity contribution in [2.24, 2.45) is 5.41 Å². The van der Waals surface area contributed by atoms with Gasteiger partial charge in [0.05, 0.1) is 36.1 Å². The van der Waals surface area contributed by atoms with Crippen molar-refractivity contribution in [2.75, 3.05) is 57.2 Å². The van der Waals surface area contributed by atoms with Crippen molar-refractivity contribution in [3.63, 3.8) is 0 Å². The predicted molar refractivity (Wildman–Crippen MR) is 190 cm³/mol. The molecular weight excluding hydrogens is 630 g/mol. The van der Waals surface area contributed by atoms with Gasteiger partial charge in [0.1, 0.15) is 0 Å². The van der Waals surface area contributed by atoms with Crippen LogP contribution in [-0.4, -0.2) is 84.0 Å². The van der Waals surface area contributed by atoms with Gasteiger partial charge < -0.3 is 29.7 Å². The van der Waals surface area contributed by atoms with Crippen LogP contribution in [0.1, 0.15) is 67.4 Å². The van der Waals surface area contributed by atoms with Crippen molar-refractivity contribution in [3.05, 3.63) is 113 Å². The SMILES string of the molecule is CN(C)C(=O)c1ccc(CN2CCn3c(cnc3C(=O)NCc3ccc(NC(=O)c4ccc(N5CC6(COC6)C5)cc4)cc3)C23CCC3)cc1. The Hall–Kier alpha value is -5.00. The van der Waals surface area contributed by atoms with Gasteiger partial charge in [0.2, 0.25) is 0 Å². The van der Waals surface area contributed by atoms with Gasteiger partial charge in [0.25, 0.3) is 17.7 Å². The summed E-state index contributed by atoms with van der Waals surface area (Å²) in [6.45, 7) is 6.35. The first-order chi connectivity index (χ1) is 24.2. The monoisotopic (exact) mass is 673 g/mol. The van der Waals surface area contributed by atoms with E-state index in [1.807, 2.05) is 79.0 Å². The van der Waals surface area contributed by atoms with Crippen LogP contribution in [0.5, 0.6) is 0 Å². The third kappa shape index (κ3) is 5.84. The van der Waals surface area contributed by atoms with E-state index in [1.165, 1.54) is 0 Å². The van der Waals surface area contributed by atoms with Gasteiger partial charge in [-0.2, -0.15) is 0 Å². The normalized spacial score (nSPS) is 18.4. The summed E-state index contributed by atoms with van der Waals surface area (Å²) in [5, 5.41) is 6.02. The number of hydrogen-bond acceptors (Lipinski definition) is 7. The Morgan fingerprint density at radius 1 is 0.840 bits per heavy atom. The molecule has 4 aliphatic rings. The van der Waals surface area contributed by atoms with Crippen LogP contribution >= 0.6 is 0 Å². The zero-order valence-corrected chi connectivity index (χ0v) is 28.7. The Labute approximate surface area is 292 Å². The average Bonchev–Trinajstić information content (AvgIpc) is 3.51. The Morgan fingerprint density at radius 2 is 1.52 bits per heavy atom. The first kappa shape index (κ1) is 32.2. The molecule has 0 atom stereocenters. The lowest BCUT2D eigenvalue weighted by Gasteiger charge is -2.56. The second-order valence-electron chi connectivity index (χ2n) is 14.6. The maximum absolute atomic E-state index is 13.4. The zero-order valence-electron chi connectivity index (χ0n) is 28.7. The van der Waals surface area contributed by atoms with Crippen LogP contribution in [0, 0.1) is 5.41 Å². The number of carbonyl (C=O) groups excluding carboxylic acids is 3. The van der Waals surface area contributed by atoms with Gasteiger partial charge in [-0.05, 0) is 78.9 Å². The van der Waals surface area contributed by atoms with Crippen LogP contribution in [-0.2, 0) is 29.9 Å². The molecule has 2 N–H and O–H groups in total. The Kier molecular flexibility index (Phi) is 8.19. The molecule has 1 saturated carbocycles. The van der Waals surface area contributed by atoms with E-state index >= 15 is 0 Å². The van der Waals surface area contributed by atoms with Gasteiger partial charge >= 0.3 is 0 Å². The first-order valence-corrected chi connectivity index (χ1v) is 17.4. The highest BCUT2D eigenvalue weighted by Gasteiger charge is 2.50. The molecule has 3 amide bonds. The molecule has 11 heteroatoms. The molecule has 2 spiro atoms. The lowest BCUT2D eigenvalue weighted by molar-refractivity contribution is -0.127. The van der Waals surface area contributed by atoms with Crippen molar-refractivity contribution in [1.82, 2.24) is 24.7 Å². The number of nitrogens with zero attached hydrogens (tertiary/aromatic N) is 5. The minimum atomic E-state index is -0.199. The van der Waals surface area contributed by atoms with Gasteiger partial charge in [0.15, 0.2) is 5.82 Å². The fraction of sp³-hybridized carbons (Fsp3) is 0.385. The number of rotatable bonds is 9. The summed E-state index contributed by atoms with van der Waals surface area (Å²) in [4.78, 5) is 49.6. The summed E-state index contributed by atoms with van der Waals surface area (Å²) in [5.74, 6) is 0.0818. The standard InChI is InChI=1S/C39H43N7O4/c1-43(2)37(49)30-8-4-28(5-9-30)22-45-18-19-46-33(39(45)16-3-17-39)21-40-34(46)36(48)41-20-27-6-12-31(13-7-27)42-35(47)29-10-14-32(15-11-29)44-23-38(24-44)25-50-26-38/h4-15,21H,3,16-20,22-26H2,1-2H3,(H,41,48)(H,42,47). The van der Waals surface area contributed by atoms with Crippen LogP contribution in [0.15, 0.2) is 79.0 Å². The molecule has 4 heterocycles. The number of carbonyl (C=O) groups is 3. The number of amides is 3. The molecule has 3 aromatic carbocycles. The minimum Gasteiger partial charge on any atom is -0.380 e. The third-order valence-corrected chi connectivity index (χ3v) is 10.9. The second kappa shape index (κ2) is 12.7. The summed E-state index contributed by atoms with van der Waals surface area (Å²) < 4.78 is 7.46. The van der Waals surface area contributed by atoms with E-state index in [-0.39, 0.29) is 23.3 Å². The predicted octanol–water partition coefficient (Wildman–Crippen LogP) is 4.50. The molecule has 0 unspecified atom stereocenters. The molecule has 4 aromatic rings. The average molecular weight is 674 g/mol. The van der Waals surface area contributed by atoms with Gasteiger partial charge in [0, 0.05) is 75.9 Å². The lowest BCUT2D eigenvalue weighted by Crippen LogP contribution is -2.66. The number of benzene rings is 3. The summed E-state index contributed by atoms with van der Waals surface area (Å²) in [6, 6.07) is 23.2. The molecule has 8 rings (SSSR count). The molecular formula is C39H43N7O4. The summed E-state index contributed by atoms with van der Waals surface area (Å²) in [5.41, 5.74) is 6.52. The van der Waals surface area contributed by atoms with Crippen molar-refractivity contribution in [1.29, 1.82) is 0 Å². The maximum atomic E-state index is 13.4. The fourth-order valence-electron chi connectivity index (χ4n) is 7.81. The molecule has 258 valence electrons. The highest BCUT2D eigenvalue weighted by molar-refractivity contribution is 6.04. The van der Waals surface area contributed by atoms with Gasteiger partial charge in [-0.3, -0.25) is 19.3 Å². The fourth-order valence-corrected chi connectivity index (χ4v) is 7.81. The number of nitrogens with one attached hydrogen (secondary N) is 2. The molecule has 0 radical (unpaired) electrons. The molecule has 3 fully saturated rings. The van der Waals surface area contributed by atoms with Gasteiger partial charge in [-0.25, -0.2) is 4.98 Å².